The van der Waals surface area contributed by atoms with Gasteiger partial charge in [0.1, 0.15) is 16.3 Å². The number of amides is 1. The molecule has 1 amide bonds. The second kappa shape index (κ2) is 11.4. The minimum absolute atomic E-state index is 0.268. The molecule has 1 aromatic heterocycles. The zero-order chi connectivity index (χ0) is 25.8. The molecule has 0 saturated heterocycles. The van der Waals surface area contributed by atoms with Crippen molar-refractivity contribution in [2.45, 2.75) is 50.3 Å². The fourth-order valence-corrected chi connectivity index (χ4v) is 4.99. The number of hydrogen-bond donors (Lipinski definition) is 2. The van der Waals surface area contributed by atoms with E-state index in [-0.39, 0.29) is 5.91 Å². The second-order valence-electron chi connectivity index (χ2n) is 8.72. The van der Waals surface area contributed by atoms with E-state index in [1.807, 2.05) is 60.9 Å². The van der Waals surface area contributed by atoms with Crippen molar-refractivity contribution in [1.29, 1.82) is 0 Å². The van der Waals surface area contributed by atoms with Crippen LogP contribution in [0, 0.1) is 13.8 Å². The van der Waals surface area contributed by atoms with E-state index in [4.69, 9.17) is 9.72 Å². The highest BCUT2D eigenvalue weighted by Gasteiger charge is 2.28. The zero-order valence-corrected chi connectivity index (χ0v) is 22.9. The zero-order valence-electron chi connectivity index (χ0n) is 20.5. The number of aromatic nitrogens is 2. The first-order valence-corrected chi connectivity index (χ1v) is 12.8. The first kappa shape index (κ1) is 27.0. The van der Waals surface area contributed by atoms with Crippen molar-refractivity contribution in [3.63, 3.8) is 0 Å². The van der Waals surface area contributed by atoms with Crippen LogP contribution in [0.3, 0.4) is 0 Å². The van der Waals surface area contributed by atoms with E-state index in [1.54, 1.807) is 21.0 Å². The third kappa shape index (κ3) is 6.54. The van der Waals surface area contributed by atoms with Crippen molar-refractivity contribution < 1.29 is 19.4 Å². The van der Waals surface area contributed by atoms with Gasteiger partial charge >= 0.3 is 5.97 Å². The predicted octanol–water partition coefficient (Wildman–Crippen LogP) is 6.17. The Bertz CT molecular complexity index is 1220. The summed E-state index contributed by atoms with van der Waals surface area (Å²) < 4.78 is 7.26. The number of aliphatic carboxylic acids is 1. The van der Waals surface area contributed by atoms with Gasteiger partial charge in [-0.05, 0) is 70.0 Å². The number of ether oxygens (including phenoxy) is 1. The van der Waals surface area contributed by atoms with E-state index in [2.05, 4.69) is 21.2 Å². The summed E-state index contributed by atoms with van der Waals surface area (Å²) in [6.45, 7) is 8.43. The van der Waals surface area contributed by atoms with Gasteiger partial charge in [0.15, 0.2) is 0 Å². The number of benzene rings is 2. The maximum atomic E-state index is 13.2. The number of carboxylic acid groups (broad SMARTS) is 1. The summed E-state index contributed by atoms with van der Waals surface area (Å²) in [5.41, 5.74) is 3.67. The molecule has 0 bridgehead atoms. The van der Waals surface area contributed by atoms with Gasteiger partial charge in [0.05, 0.1) is 0 Å². The number of hydrogen-bond acceptors (Lipinski definition) is 5. The summed E-state index contributed by atoms with van der Waals surface area (Å²) in [7, 11) is 1.66. The molecule has 3 rings (SSSR count). The van der Waals surface area contributed by atoms with Gasteiger partial charge in [0.25, 0.3) is 5.91 Å². The smallest absolute Gasteiger partial charge is 0.319 e. The third-order valence-corrected chi connectivity index (χ3v) is 7.29. The molecular formula is C26H30BrN3O4S. The Kier molecular flexibility index (Phi) is 8.79. The quantitative estimate of drug-likeness (QED) is 0.228. The van der Waals surface area contributed by atoms with Gasteiger partial charge < -0.3 is 19.7 Å². The highest BCUT2D eigenvalue weighted by molar-refractivity contribution is 9.10. The molecule has 0 aliphatic rings. The molecule has 0 aliphatic carbocycles. The molecule has 9 heteroatoms. The van der Waals surface area contributed by atoms with Crippen LogP contribution < -0.4 is 5.32 Å². The molecule has 186 valence electrons. The minimum atomic E-state index is -0.937. The molecule has 0 spiro atoms. The number of methoxy groups -OCH3 is 1. The van der Waals surface area contributed by atoms with Gasteiger partial charge in [-0.25, -0.2) is 4.98 Å². The van der Waals surface area contributed by atoms with E-state index >= 15 is 0 Å². The van der Waals surface area contributed by atoms with Crippen molar-refractivity contribution in [2.24, 2.45) is 0 Å². The Morgan fingerprint density at radius 1 is 1.17 bits per heavy atom. The Morgan fingerprint density at radius 2 is 1.86 bits per heavy atom. The van der Waals surface area contributed by atoms with Gasteiger partial charge in [-0.3, -0.25) is 9.59 Å². The predicted molar refractivity (Wildman–Crippen MR) is 143 cm³/mol. The summed E-state index contributed by atoms with van der Waals surface area (Å²) in [5, 5.41) is 12.4. The summed E-state index contributed by atoms with van der Waals surface area (Å²) in [6.07, 6.45) is 0.772. The lowest BCUT2D eigenvalue weighted by molar-refractivity contribution is -0.138. The molecule has 0 atom stereocenters. The number of halogens is 1. The van der Waals surface area contributed by atoms with Crippen LogP contribution in [0.5, 0.6) is 0 Å². The normalized spacial score (nSPS) is 11.5. The van der Waals surface area contributed by atoms with Crippen molar-refractivity contribution in [3.05, 3.63) is 63.9 Å². The molecule has 35 heavy (non-hydrogen) atoms. The average Bonchev–Trinajstić information content (AvgIpc) is 3.12. The lowest BCUT2D eigenvalue weighted by Crippen LogP contribution is -2.26. The lowest BCUT2D eigenvalue weighted by Gasteiger charge is -2.18. The Labute approximate surface area is 218 Å². The van der Waals surface area contributed by atoms with Gasteiger partial charge in [-0.1, -0.05) is 28.1 Å². The van der Waals surface area contributed by atoms with E-state index in [1.165, 1.54) is 11.8 Å². The van der Waals surface area contributed by atoms with Crippen LogP contribution in [-0.2, 0) is 16.1 Å². The molecule has 0 radical (unpaired) electrons. The SMILES string of the molecule is COCCCn1c(-c2ccc(SC(C)(C)C(=O)O)cc2)nc(C(=O)Nc2ccc(Br)cc2C)c1C. The van der Waals surface area contributed by atoms with Crippen molar-refractivity contribution in [1.82, 2.24) is 9.55 Å². The topological polar surface area (TPSA) is 93.4 Å². The summed E-state index contributed by atoms with van der Waals surface area (Å²) in [6, 6.07) is 13.3. The minimum Gasteiger partial charge on any atom is -0.480 e. The number of rotatable bonds is 10. The molecular weight excluding hydrogens is 530 g/mol. The van der Waals surface area contributed by atoms with Crippen molar-refractivity contribution in [3.8, 4) is 11.4 Å². The number of carbonyl (C=O) groups is 2. The van der Waals surface area contributed by atoms with E-state index in [0.29, 0.717) is 24.7 Å². The van der Waals surface area contributed by atoms with Crippen LogP contribution >= 0.6 is 27.7 Å². The maximum Gasteiger partial charge on any atom is 0.319 e. The summed E-state index contributed by atoms with van der Waals surface area (Å²) in [5.74, 6) is -0.451. The Hall–Kier alpha value is -2.62. The fraction of sp³-hybridized carbons (Fsp3) is 0.346. The number of thioether (sulfide) groups is 1. The fourth-order valence-electron chi connectivity index (χ4n) is 3.57. The number of carbonyl (C=O) groups excluding carboxylic acids is 1. The number of carboxylic acids is 1. The molecule has 0 aliphatic heterocycles. The first-order chi connectivity index (χ1) is 16.5. The van der Waals surface area contributed by atoms with Crippen LogP contribution in [0.15, 0.2) is 51.8 Å². The lowest BCUT2D eigenvalue weighted by atomic mass is 10.2. The average molecular weight is 561 g/mol. The molecule has 3 aromatic rings. The molecule has 0 saturated carbocycles. The van der Waals surface area contributed by atoms with Gasteiger partial charge in [0, 0.05) is 46.6 Å². The van der Waals surface area contributed by atoms with Crippen LogP contribution in [0.2, 0.25) is 0 Å². The van der Waals surface area contributed by atoms with E-state index in [0.717, 1.165) is 38.3 Å². The molecule has 2 aromatic carbocycles. The number of nitrogens with one attached hydrogen (secondary N) is 1. The summed E-state index contributed by atoms with van der Waals surface area (Å²) >= 11 is 4.73. The first-order valence-electron chi connectivity index (χ1n) is 11.2. The van der Waals surface area contributed by atoms with Crippen molar-refractivity contribution in [2.75, 3.05) is 19.0 Å². The number of aryl methyl sites for hydroxylation is 1. The third-order valence-electron chi connectivity index (χ3n) is 5.60. The van der Waals surface area contributed by atoms with Crippen LogP contribution in [-0.4, -0.2) is 45.0 Å². The molecule has 7 nitrogen and oxygen atoms in total. The second-order valence-corrected chi connectivity index (χ2v) is 11.3. The van der Waals surface area contributed by atoms with Gasteiger partial charge in [-0.15, -0.1) is 11.8 Å². The Morgan fingerprint density at radius 3 is 2.46 bits per heavy atom. The van der Waals surface area contributed by atoms with Crippen LogP contribution in [0.4, 0.5) is 5.69 Å². The highest BCUT2D eigenvalue weighted by Crippen LogP contribution is 2.34. The maximum absolute atomic E-state index is 13.2. The number of imidazole rings is 1. The van der Waals surface area contributed by atoms with Crippen LogP contribution in [0.1, 0.15) is 42.0 Å². The largest absolute Gasteiger partial charge is 0.480 e. The van der Waals surface area contributed by atoms with Crippen LogP contribution in [0.25, 0.3) is 11.4 Å². The molecule has 2 N–H and O–H groups in total. The van der Waals surface area contributed by atoms with E-state index in [9.17, 15) is 14.7 Å². The van der Waals surface area contributed by atoms with Gasteiger partial charge in [-0.2, -0.15) is 0 Å². The Balaban J connectivity index is 1.93. The molecule has 0 unspecified atom stereocenters. The number of nitrogens with zero attached hydrogens (tertiary/aromatic N) is 2. The number of anilines is 1. The van der Waals surface area contributed by atoms with E-state index < -0.39 is 10.7 Å². The summed E-state index contributed by atoms with van der Waals surface area (Å²) in [4.78, 5) is 30.2. The van der Waals surface area contributed by atoms with Gasteiger partial charge in [0.2, 0.25) is 0 Å². The van der Waals surface area contributed by atoms with Crippen molar-refractivity contribution >= 4 is 45.3 Å². The molecule has 1 heterocycles. The molecule has 0 fully saturated rings. The monoisotopic (exact) mass is 559 g/mol. The highest BCUT2D eigenvalue weighted by atomic mass is 79.9. The standard InChI is InChI=1S/C26H30BrN3O4S/c1-16-15-19(27)9-12-21(16)28-24(31)22-17(2)30(13-6-14-34-5)23(29-22)18-7-10-20(11-8-18)35-26(3,4)25(32)33/h7-12,15H,6,13-14H2,1-5H3,(H,28,31)(H,32,33).